The highest BCUT2D eigenvalue weighted by atomic mass is 16.4. The van der Waals surface area contributed by atoms with Crippen LogP contribution in [0.4, 0.5) is 4.79 Å². The van der Waals surface area contributed by atoms with Gasteiger partial charge in [-0.25, -0.2) is 4.79 Å². The zero-order valence-electron chi connectivity index (χ0n) is 12.2. The standard InChI is InChI=1S/C14H23N3O3/c1-11(2)8-16(7-3-6-15)14(20)17(10-13(18)19)9-12-4-5-12/h11-12H,3-5,7-10H2,1-2H3,(H,18,19). The number of nitriles is 1. The summed E-state index contributed by atoms with van der Waals surface area (Å²) >= 11 is 0. The highest BCUT2D eigenvalue weighted by molar-refractivity contribution is 5.80. The summed E-state index contributed by atoms with van der Waals surface area (Å²) in [5, 5.41) is 17.6. The van der Waals surface area contributed by atoms with Gasteiger partial charge >= 0.3 is 12.0 Å². The van der Waals surface area contributed by atoms with Gasteiger partial charge in [-0.05, 0) is 24.7 Å². The maximum atomic E-state index is 12.5. The van der Waals surface area contributed by atoms with Gasteiger partial charge in [-0.3, -0.25) is 4.79 Å². The number of urea groups is 1. The zero-order valence-corrected chi connectivity index (χ0v) is 12.2. The first-order valence-corrected chi connectivity index (χ1v) is 7.06. The molecule has 0 heterocycles. The first-order valence-electron chi connectivity index (χ1n) is 7.06. The first-order chi connectivity index (χ1) is 9.43. The van der Waals surface area contributed by atoms with Crippen LogP contribution in [0.3, 0.4) is 0 Å². The van der Waals surface area contributed by atoms with E-state index in [9.17, 15) is 9.59 Å². The molecule has 1 saturated carbocycles. The van der Waals surface area contributed by atoms with Gasteiger partial charge in [0.25, 0.3) is 0 Å². The molecule has 2 amide bonds. The van der Waals surface area contributed by atoms with E-state index in [1.807, 2.05) is 19.9 Å². The number of carbonyl (C=O) groups excluding carboxylic acids is 1. The van der Waals surface area contributed by atoms with E-state index in [2.05, 4.69) is 0 Å². The Balaban J connectivity index is 2.69. The van der Waals surface area contributed by atoms with E-state index in [0.29, 0.717) is 25.6 Å². The Morgan fingerprint density at radius 2 is 2.00 bits per heavy atom. The molecule has 0 unspecified atom stereocenters. The Morgan fingerprint density at radius 3 is 2.45 bits per heavy atom. The summed E-state index contributed by atoms with van der Waals surface area (Å²) in [6.45, 7) is 5.13. The van der Waals surface area contributed by atoms with Gasteiger partial charge in [-0.15, -0.1) is 0 Å². The molecular formula is C14H23N3O3. The molecule has 20 heavy (non-hydrogen) atoms. The molecule has 6 heteroatoms. The van der Waals surface area contributed by atoms with Crippen LogP contribution in [0.2, 0.25) is 0 Å². The first kappa shape index (κ1) is 16.3. The molecule has 6 nitrogen and oxygen atoms in total. The van der Waals surface area contributed by atoms with Crippen molar-refractivity contribution in [3.05, 3.63) is 0 Å². The number of carboxylic acids is 1. The largest absolute Gasteiger partial charge is 0.480 e. The van der Waals surface area contributed by atoms with E-state index in [1.165, 1.54) is 4.90 Å². The number of hydrogen-bond acceptors (Lipinski definition) is 3. The Hall–Kier alpha value is -1.77. The summed E-state index contributed by atoms with van der Waals surface area (Å²) in [6.07, 6.45) is 2.39. The van der Waals surface area contributed by atoms with E-state index >= 15 is 0 Å². The number of rotatable bonds is 8. The third-order valence-electron chi connectivity index (χ3n) is 3.12. The Labute approximate surface area is 120 Å². The average Bonchev–Trinajstić information content (AvgIpc) is 3.15. The fraction of sp³-hybridized carbons (Fsp3) is 0.786. The minimum atomic E-state index is -0.996. The minimum absolute atomic E-state index is 0.261. The van der Waals surface area contributed by atoms with Crippen molar-refractivity contribution in [3.8, 4) is 6.07 Å². The molecule has 112 valence electrons. The van der Waals surface area contributed by atoms with E-state index in [-0.39, 0.29) is 24.9 Å². The van der Waals surface area contributed by atoms with Crippen LogP contribution >= 0.6 is 0 Å². The van der Waals surface area contributed by atoms with Crippen LogP contribution in [0.25, 0.3) is 0 Å². The van der Waals surface area contributed by atoms with Crippen molar-refractivity contribution in [2.75, 3.05) is 26.2 Å². The van der Waals surface area contributed by atoms with Crippen LogP contribution in [-0.2, 0) is 4.79 Å². The monoisotopic (exact) mass is 281 g/mol. The lowest BCUT2D eigenvalue weighted by Crippen LogP contribution is -2.47. The van der Waals surface area contributed by atoms with Crippen molar-refractivity contribution in [3.63, 3.8) is 0 Å². The van der Waals surface area contributed by atoms with Gasteiger partial charge in [-0.2, -0.15) is 5.26 Å². The SMILES string of the molecule is CC(C)CN(CCC#N)C(=O)N(CC(=O)O)CC1CC1. The second-order valence-electron chi connectivity index (χ2n) is 5.75. The average molecular weight is 281 g/mol. The van der Waals surface area contributed by atoms with Crippen molar-refractivity contribution in [2.45, 2.75) is 33.1 Å². The van der Waals surface area contributed by atoms with E-state index in [1.54, 1.807) is 4.90 Å². The molecule has 0 saturated heterocycles. The molecule has 0 atom stereocenters. The fourth-order valence-electron chi connectivity index (χ4n) is 2.08. The van der Waals surface area contributed by atoms with Crippen molar-refractivity contribution in [1.29, 1.82) is 5.26 Å². The summed E-state index contributed by atoms with van der Waals surface area (Å²) in [7, 11) is 0. The Morgan fingerprint density at radius 1 is 1.35 bits per heavy atom. The van der Waals surface area contributed by atoms with Gasteiger partial charge in [0.15, 0.2) is 0 Å². The number of carboxylic acid groups (broad SMARTS) is 1. The number of hydrogen-bond donors (Lipinski definition) is 1. The molecule has 1 rings (SSSR count). The number of amides is 2. The molecule has 0 aromatic carbocycles. The summed E-state index contributed by atoms with van der Waals surface area (Å²) in [5.41, 5.74) is 0. The third kappa shape index (κ3) is 5.91. The fourth-order valence-corrected chi connectivity index (χ4v) is 2.08. The number of carbonyl (C=O) groups is 2. The normalized spacial score (nSPS) is 13.9. The van der Waals surface area contributed by atoms with Gasteiger partial charge in [0.1, 0.15) is 6.54 Å². The smallest absolute Gasteiger partial charge is 0.323 e. The van der Waals surface area contributed by atoms with Crippen LogP contribution in [-0.4, -0.2) is 53.1 Å². The molecule has 0 aliphatic heterocycles. The van der Waals surface area contributed by atoms with Crippen LogP contribution in [0.5, 0.6) is 0 Å². The predicted molar refractivity (Wildman–Crippen MR) is 74.0 cm³/mol. The number of nitrogens with zero attached hydrogens (tertiary/aromatic N) is 3. The van der Waals surface area contributed by atoms with Crippen LogP contribution in [0, 0.1) is 23.2 Å². The third-order valence-corrected chi connectivity index (χ3v) is 3.12. The molecule has 0 radical (unpaired) electrons. The van der Waals surface area contributed by atoms with Crippen molar-refractivity contribution in [2.24, 2.45) is 11.8 Å². The topological polar surface area (TPSA) is 84.6 Å². The van der Waals surface area contributed by atoms with Crippen molar-refractivity contribution >= 4 is 12.0 Å². The van der Waals surface area contributed by atoms with Gasteiger partial charge < -0.3 is 14.9 Å². The van der Waals surface area contributed by atoms with Gasteiger partial charge in [-0.1, -0.05) is 13.8 Å². The predicted octanol–water partition coefficient (Wildman–Crippen LogP) is 1.77. The Kier molecular flexibility index (Phi) is 6.29. The highest BCUT2D eigenvalue weighted by Crippen LogP contribution is 2.30. The van der Waals surface area contributed by atoms with Gasteiger partial charge in [0, 0.05) is 19.6 Å². The van der Waals surface area contributed by atoms with E-state index < -0.39 is 5.97 Å². The van der Waals surface area contributed by atoms with Crippen LogP contribution in [0.15, 0.2) is 0 Å². The summed E-state index contributed by atoms with van der Waals surface area (Å²) in [6, 6.07) is 1.77. The van der Waals surface area contributed by atoms with E-state index in [4.69, 9.17) is 10.4 Å². The van der Waals surface area contributed by atoms with Gasteiger partial charge in [0.2, 0.25) is 0 Å². The maximum absolute atomic E-state index is 12.5. The molecule has 1 aliphatic carbocycles. The minimum Gasteiger partial charge on any atom is -0.480 e. The second-order valence-corrected chi connectivity index (χ2v) is 5.75. The molecule has 0 spiro atoms. The molecule has 0 aromatic heterocycles. The molecule has 1 N–H and O–H groups in total. The summed E-state index contributed by atoms with van der Waals surface area (Å²) in [4.78, 5) is 26.4. The van der Waals surface area contributed by atoms with Crippen LogP contribution in [0.1, 0.15) is 33.1 Å². The summed E-state index contributed by atoms with van der Waals surface area (Å²) < 4.78 is 0. The zero-order chi connectivity index (χ0) is 15.1. The summed E-state index contributed by atoms with van der Waals surface area (Å²) in [5.74, 6) is -0.274. The molecule has 0 bridgehead atoms. The lowest BCUT2D eigenvalue weighted by molar-refractivity contribution is -0.137. The van der Waals surface area contributed by atoms with Crippen LogP contribution < -0.4 is 0 Å². The van der Waals surface area contributed by atoms with Crippen molar-refractivity contribution < 1.29 is 14.7 Å². The molecule has 1 fully saturated rings. The Bertz CT molecular complexity index is 386. The molecule has 0 aromatic rings. The lowest BCUT2D eigenvalue weighted by Gasteiger charge is -2.30. The van der Waals surface area contributed by atoms with E-state index in [0.717, 1.165) is 12.8 Å². The quantitative estimate of drug-likeness (QED) is 0.735. The lowest BCUT2D eigenvalue weighted by atomic mass is 10.2. The second kappa shape index (κ2) is 7.73. The molecule has 1 aliphatic rings. The maximum Gasteiger partial charge on any atom is 0.323 e. The number of aliphatic carboxylic acids is 1. The molecular weight excluding hydrogens is 258 g/mol. The van der Waals surface area contributed by atoms with Gasteiger partial charge in [0.05, 0.1) is 12.5 Å². The van der Waals surface area contributed by atoms with Crippen molar-refractivity contribution in [1.82, 2.24) is 9.80 Å². The highest BCUT2D eigenvalue weighted by Gasteiger charge is 2.30.